The van der Waals surface area contributed by atoms with Gasteiger partial charge in [0, 0.05) is 13.2 Å². The van der Waals surface area contributed by atoms with Gasteiger partial charge in [-0.2, -0.15) is 0 Å². The van der Waals surface area contributed by atoms with Crippen LogP contribution in [0.2, 0.25) is 0 Å². The molecule has 0 amide bonds. The highest BCUT2D eigenvalue weighted by Gasteiger charge is 2.21. The topological polar surface area (TPSA) is 66.0 Å². The Kier molecular flexibility index (Phi) is 3.76. The Labute approximate surface area is 94.6 Å². The van der Waals surface area contributed by atoms with E-state index in [2.05, 4.69) is 10.3 Å². The van der Waals surface area contributed by atoms with E-state index in [0.29, 0.717) is 5.69 Å². The third-order valence-corrected chi connectivity index (χ3v) is 2.39. The Hall–Kier alpha value is -1.01. The van der Waals surface area contributed by atoms with Crippen LogP contribution in [0, 0.1) is 0 Å². The van der Waals surface area contributed by atoms with E-state index in [4.69, 9.17) is 22.7 Å². The van der Waals surface area contributed by atoms with E-state index in [1.807, 2.05) is 20.8 Å². The molecule has 1 rings (SSSR count). The first-order valence-corrected chi connectivity index (χ1v) is 5.17. The van der Waals surface area contributed by atoms with Crippen molar-refractivity contribution < 1.29 is 4.74 Å². The molecular formula is C9H16N4OS. The molecule has 2 N–H and O–H groups in total. The molecule has 15 heavy (non-hydrogen) atoms. The van der Waals surface area contributed by atoms with Crippen LogP contribution in [-0.2, 0) is 4.74 Å². The van der Waals surface area contributed by atoms with Gasteiger partial charge in [-0.1, -0.05) is 17.4 Å². The Balaban J connectivity index is 3.26. The summed E-state index contributed by atoms with van der Waals surface area (Å²) in [7, 11) is 1.63. The van der Waals surface area contributed by atoms with E-state index < -0.39 is 0 Å². The molecule has 0 aliphatic heterocycles. The molecule has 0 aliphatic carbocycles. The Bertz CT molecular complexity index is 361. The van der Waals surface area contributed by atoms with Crippen LogP contribution in [0.25, 0.3) is 0 Å². The predicted octanol–water partition coefficient (Wildman–Crippen LogP) is 1.20. The Morgan fingerprint density at radius 1 is 1.47 bits per heavy atom. The van der Waals surface area contributed by atoms with Crippen molar-refractivity contribution in [3.05, 3.63) is 11.4 Å². The summed E-state index contributed by atoms with van der Waals surface area (Å²) in [5.74, 6) is 0. The summed E-state index contributed by atoms with van der Waals surface area (Å²) in [6.45, 7) is 5.95. The highest BCUT2D eigenvalue weighted by Crippen LogP contribution is 2.21. The minimum atomic E-state index is -0.126. The molecule has 1 atom stereocenters. The molecule has 0 bridgehead atoms. The van der Waals surface area contributed by atoms with Crippen molar-refractivity contribution in [1.82, 2.24) is 15.0 Å². The molecule has 1 unspecified atom stereocenters. The summed E-state index contributed by atoms with van der Waals surface area (Å²) in [6, 6.07) is 0.202. The van der Waals surface area contributed by atoms with Crippen LogP contribution in [0.5, 0.6) is 0 Å². The molecule has 0 radical (unpaired) electrons. The van der Waals surface area contributed by atoms with Crippen molar-refractivity contribution in [1.29, 1.82) is 0 Å². The lowest BCUT2D eigenvalue weighted by Gasteiger charge is -2.15. The van der Waals surface area contributed by atoms with Crippen LogP contribution in [0.15, 0.2) is 0 Å². The number of aromatic nitrogens is 3. The van der Waals surface area contributed by atoms with E-state index >= 15 is 0 Å². The van der Waals surface area contributed by atoms with E-state index in [1.165, 1.54) is 0 Å². The second kappa shape index (κ2) is 4.67. The quantitative estimate of drug-likeness (QED) is 0.784. The monoisotopic (exact) mass is 228 g/mol. The fourth-order valence-electron chi connectivity index (χ4n) is 1.35. The number of ether oxygens (including phenoxy) is 1. The maximum atomic E-state index is 5.58. The second-order valence-corrected chi connectivity index (χ2v) is 4.04. The lowest BCUT2D eigenvalue weighted by atomic mass is 10.2. The highest BCUT2D eigenvalue weighted by atomic mass is 32.1. The van der Waals surface area contributed by atoms with Gasteiger partial charge >= 0.3 is 0 Å². The van der Waals surface area contributed by atoms with Crippen molar-refractivity contribution in [3.8, 4) is 0 Å². The first-order valence-electron chi connectivity index (χ1n) is 4.76. The zero-order chi connectivity index (χ0) is 11.6. The van der Waals surface area contributed by atoms with Crippen molar-refractivity contribution in [3.63, 3.8) is 0 Å². The summed E-state index contributed by atoms with van der Waals surface area (Å²) < 4.78 is 7.04. The molecule has 1 aromatic rings. The number of nitrogens with two attached hydrogens (primary N) is 1. The lowest BCUT2D eigenvalue weighted by molar-refractivity contribution is 0.110. The highest BCUT2D eigenvalue weighted by molar-refractivity contribution is 7.80. The van der Waals surface area contributed by atoms with E-state index in [0.717, 1.165) is 5.69 Å². The summed E-state index contributed by atoms with van der Waals surface area (Å²) in [6.07, 6.45) is -0.126. The average molecular weight is 228 g/mol. The maximum absolute atomic E-state index is 5.58. The third-order valence-electron chi connectivity index (χ3n) is 2.19. The SMILES string of the molecule is COC(C)c1c(C(N)=S)nnn1C(C)C. The molecule has 0 aliphatic rings. The van der Waals surface area contributed by atoms with Gasteiger partial charge in [0.15, 0.2) is 0 Å². The largest absolute Gasteiger partial charge is 0.388 e. The minimum Gasteiger partial charge on any atom is -0.388 e. The lowest BCUT2D eigenvalue weighted by Crippen LogP contribution is -2.17. The number of thiocarbonyl (C=S) groups is 1. The number of hydrogen-bond acceptors (Lipinski definition) is 4. The summed E-state index contributed by atoms with van der Waals surface area (Å²) in [4.78, 5) is 0.251. The minimum absolute atomic E-state index is 0.126. The van der Waals surface area contributed by atoms with Gasteiger partial charge in [0.2, 0.25) is 0 Å². The molecule has 6 heteroatoms. The van der Waals surface area contributed by atoms with E-state index in [-0.39, 0.29) is 17.1 Å². The zero-order valence-electron chi connectivity index (χ0n) is 9.39. The van der Waals surface area contributed by atoms with Crippen molar-refractivity contribution in [2.24, 2.45) is 5.73 Å². The molecule has 1 aromatic heterocycles. The fraction of sp³-hybridized carbons (Fsp3) is 0.667. The molecule has 1 heterocycles. The fourth-order valence-corrected chi connectivity index (χ4v) is 1.49. The van der Waals surface area contributed by atoms with Crippen molar-refractivity contribution in [2.45, 2.75) is 32.9 Å². The number of nitrogens with zero attached hydrogens (tertiary/aromatic N) is 3. The Morgan fingerprint density at radius 2 is 2.07 bits per heavy atom. The number of methoxy groups -OCH3 is 1. The third kappa shape index (κ3) is 2.32. The standard InChI is InChI=1S/C9H16N4OS/c1-5(2)13-8(6(3)14-4)7(9(10)15)11-12-13/h5-6H,1-4H3,(H2,10,15). The molecule has 0 fully saturated rings. The molecule has 0 saturated carbocycles. The van der Waals surface area contributed by atoms with Gasteiger partial charge in [-0.3, -0.25) is 0 Å². The molecule has 0 spiro atoms. The van der Waals surface area contributed by atoms with Gasteiger partial charge in [0.1, 0.15) is 10.7 Å². The normalized spacial score (nSPS) is 13.1. The molecule has 5 nitrogen and oxygen atoms in total. The molecule has 84 valence electrons. The van der Waals surface area contributed by atoms with E-state index in [9.17, 15) is 0 Å². The summed E-state index contributed by atoms with van der Waals surface area (Å²) in [5, 5.41) is 8.00. The number of hydrogen-bond donors (Lipinski definition) is 1. The zero-order valence-corrected chi connectivity index (χ0v) is 10.2. The van der Waals surface area contributed by atoms with Gasteiger partial charge in [-0.15, -0.1) is 5.10 Å². The first kappa shape index (κ1) is 12.1. The second-order valence-electron chi connectivity index (χ2n) is 3.60. The maximum Gasteiger partial charge on any atom is 0.145 e. The summed E-state index contributed by atoms with van der Waals surface area (Å²) in [5.41, 5.74) is 6.96. The van der Waals surface area contributed by atoms with E-state index in [1.54, 1.807) is 11.8 Å². The van der Waals surface area contributed by atoms with Crippen LogP contribution < -0.4 is 5.73 Å². The van der Waals surface area contributed by atoms with Crippen LogP contribution in [-0.4, -0.2) is 27.1 Å². The van der Waals surface area contributed by atoms with Crippen LogP contribution in [0.1, 0.15) is 44.3 Å². The Morgan fingerprint density at radius 3 is 2.47 bits per heavy atom. The van der Waals surface area contributed by atoms with Crippen molar-refractivity contribution in [2.75, 3.05) is 7.11 Å². The van der Waals surface area contributed by atoms with Crippen LogP contribution >= 0.6 is 12.2 Å². The van der Waals surface area contributed by atoms with Crippen molar-refractivity contribution >= 4 is 17.2 Å². The average Bonchev–Trinajstić information content (AvgIpc) is 2.60. The number of rotatable bonds is 4. The summed E-state index contributed by atoms with van der Waals surface area (Å²) >= 11 is 4.92. The van der Waals surface area contributed by atoms with Gasteiger partial charge < -0.3 is 10.5 Å². The molecule has 0 saturated heterocycles. The first-order chi connectivity index (χ1) is 6.99. The van der Waals surface area contributed by atoms with Gasteiger partial charge in [0.05, 0.1) is 11.8 Å². The molecule has 0 aromatic carbocycles. The molecular weight excluding hydrogens is 212 g/mol. The van der Waals surface area contributed by atoms with Crippen LogP contribution in [0.3, 0.4) is 0 Å². The van der Waals surface area contributed by atoms with Gasteiger partial charge in [-0.25, -0.2) is 4.68 Å². The van der Waals surface area contributed by atoms with Gasteiger partial charge in [-0.05, 0) is 20.8 Å². The van der Waals surface area contributed by atoms with Crippen LogP contribution in [0.4, 0.5) is 0 Å². The smallest absolute Gasteiger partial charge is 0.145 e. The predicted molar refractivity (Wildman–Crippen MR) is 61.7 cm³/mol. The van der Waals surface area contributed by atoms with Gasteiger partial charge in [0.25, 0.3) is 0 Å².